The van der Waals surface area contributed by atoms with E-state index in [2.05, 4.69) is 5.32 Å². The quantitative estimate of drug-likeness (QED) is 0.733. The molecule has 0 atom stereocenters. The average molecular weight is 339 g/mol. The Labute approximate surface area is 137 Å². The van der Waals surface area contributed by atoms with Crippen molar-refractivity contribution in [3.8, 4) is 0 Å². The number of hydrogen-bond acceptors (Lipinski definition) is 4. The number of nitrogens with one attached hydrogen (secondary N) is 2. The number of primary amides is 1. The minimum atomic E-state index is -0.744. The summed E-state index contributed by atoms with van der Waals surface area (Å²) in [6.07, 6.45) is 0. The van der Waals surface area contributed by atoms with Gasteiger partial charge in [-0.2, -0.15) is 0 Å². The Kier molecular flexibility index (Phi) is 4.51. The van der Waals surface area contributed by atoms with Gasteiger partial charge in [-0.25, -0.2) is 0 Å². The van der Waals surface area contributed by atoms with E-state index in [1.807, 2.05) is 0 Å². The fourth-order valence-corrected chi connectivity index (χ4v) is 2.79. The average Bonchev–Trinajstić information content (AvgIpc) is 2.86. The van der Waals surface area contributed by atoms with Crippen LogP contribution in [0.3, 0.4) is 0 Å². The van der Waals surface area contributed by atoms with Gasteiger partial charge in [-0.15, -0.1) is 0 Å². The maximum Gasteiger partial charge on any atom is 0.286 e. The Morgan fingerprint density at radius 2 is 2.04 bits per heavy atom. The highest BCUT2D eigenvalue weighted by atomic mass is 35.5. The summed E-state index contributed by atoms with van der Waals surface area (Å²) in [7, 11) is 0. The molecule has 1 aliphatic heterocycles. The first-order valence-corrected chi connectivity index (χ1v) is 7.65. The molecule has 0 aliphatic carbocycles. The van der Waals surface area contributed by atoms with Gasteiger partial charge in [0.2, 0.25) is 5.76 Å². The van der Waals surface area contributed by atoms with Crippen LogP contribution in [0.5, 0.6) is 0 Å². The Balaban J connectivity index is 1.85. The molecule has 8 heteroatoms. The van der Waals surface area contributed by atoms with Gasteiger partial charge in [-0.05, 0) is 18.2 Å². The van der Waals surface area contributed by atoms with Crippen LogP contribution in [0.15, 0.2) is 22.6 Å². The number of quaternary nitrogens is 1. The van der Waals surface area contributed by atoms with Crippen molar-refractivity contribution in [1.82, 2.24) is 0 Å². The summed E-state index contributed by atoms with van der Waals surface area (Å²) in [6.45, 7) is 3.11. The molecule has 0 unspecified atom stereocenters. The third-order valence-electron chi connectivity index (χ3n) is 3.75. The number of carbonyl (C=O) groups is 2. The number of fused-ring (bicyclic) bond motifs is 1. The van der Waals surface area contributed by atoms with Gasteiger partial charge in [0.15, 0.2) is 6.54 Å². The molecule has 4 N–H and O–H groups in total. The van der Waals surface area contributed by atoms with Gasteiger partial charge in [-0.3, -0.25) is 9.59 Å². The van der Waals surface area contributed by atoms with Crippen molar-refractivity contribution in [2.24, 2.45) is 5.73 Å². The van der Waals surface area contributed by atoms with E-state index in [1.54, 1.807) is 18.2 Å². The van der Waals surface area contributed by atoms with E-state index >= 15 is 0 Å². The maximum atomic E-state index is 12.3. The van der Waals surface area contributed by atoms with Crippen molar-refractivity contribution >= 4 is 40.1 Å². The zero-order valence-electron chi connectivity index (χ0n) is 12.4. The molecule has 1 aromatic heterocycles. The lowest BCUT2D eigenvalue weighted by Crippen LogP contribution is -3.15. The maximum absolute atomic E-state index is 12.3. The number of carbonyl (C=O) groups excluding carboxylic acids is 2. The predicted molar refractivity (Wildman–Crippen MR) is 84.8 cm³/mol. The highest BCUT2D eigenvalue weighted by Crippen LogP contribution is 2.32. The first-order chi connectivity index (χ1) is 11.0. The Hall–Kier alpha value is -2.09. The van der Waals surface area contributed by atoms with Crippen LogP contribution < -0.4 is 16.0 Å². The smallest absolute Gasteiger partial charge is 0.286 e. The van der Waals surface area contributed by atoms with Crippen LogP contribution in [0.2, 0.25) is 5.02 Å². The van der Waals surface area contributed by atoms with Gasteiger partial charge in [0.05, 0.1) is 13.2 Å². The van der Waals surface area contributed by atoms with E-state index in [4.69, 9.17) is 26.5 Å². The summed E-state index contributed by atoms with van der Waals surface area (Å²) in [5, 5.41) is 3.76. The number of nitrogens with two attached hydrogens (primary N) is 1. The molecule has 1 fully saturated rings. The van der Waals surface area contributed by atoms with E-state index in [0.717, 1.165) is 18.0 Å². The molecule has 3 rings (SSSR count). The monoisotopic (exact) mass is 338 g/mol. The van der Waals surface area contributed by atoms with Gasteiger partial charge in [0.25, 0.3) is 11.8 Å². The topological polar surface area (TPSA) is 99.0 Å². The second-order valence-corrected chi connectivity index (χ2v) is 5.83. The van der Waals surface area contributed by atoms with Crippen molar-refractivity contribution in [3.05, 3.63) is 29.0 Å². The Bertz CT molecular complexity index is 753. The normalized spacial score (nSPS) is 15.7. The van der Waals surface area contributed by atoms with E-state index in [9.17, 15) is 9.59 Å². The van der Waals surface area contributed by atoms with Crippen LogP contribution in [0.4, 0.5) is 5.69 Å². The molecular weight excluding hydrogens is 322 g/mol. The standard InChI is InChI=1S/C15H16ClN3O4/c16-9-1-2-11-10(7-9)13(14(23-11)15(17)21)18-12(20)8-19-3-5-22-6-4-19/h1-2,7H,3-6,8H2,(H2,17,21)(H,18,20)/p+1. The van der Waals surface area contributed by atoms with E-state index in [1.165, 1.54) is 0 Å². The molecule has 0 bridgehead atoms. The summed E-state index contributed by atoms with van der Waals surface area (Å²) in [5.41, 5.74) is 6.05. The first kappa shape index (κ1) is 15.8. The SMILES string of the molecule is NC(=O)c1oc2ccc(Cl)cc2c1NC(=O)C[NH+]1CCOCC1. The lowest BCUT2D eigenvalue weighted by atomic mass is 10.2. The van der Waals surface area contributed by atoms with Gasteiger partial charge in [0.1, 0.15) is 24.4 Å². The van der Waals surface area contributed by atoms with Gasteiger partial charge in [-0.1, -0.05) is 11.6 Å². The van der Waals surface area contributed by atoms with E-state index in [0.29, 0.717) is 29.2 Å². The molecule has 2 heterocycles. The summed E-state index contributed by atoms with van der Waals surface area (Å²) < 4.78 is 10.7. The minimum absolute atomic E-state index is 0.0763. The van der Waals surface area contributed by atoms with Crippen molar-refractivity contribution in [2.45, 2.75) is 0 Å². The van der Waals surface area contributed by atoms with Gasteiger partial charge < -0.3 is 25.1 Å². The first-order valence-electron chi connectivity index (χ1n) is 7.27. The fourth-order valence-electron chi connectivity index (χ4n) is 2.61. The number of ether oxygens (including phenoxy) is 1. The van der Waals surface area contributed by atoms with Crippen LogP contribution in [-0.2, 0) is 9.53 Å². The van der Waals surface area contributed by atoms with Crippen molar-refractivity contribution < 1.29 is 23.6 Å². The summed E-state index contributed by atoms with van der Waals surface area (Å²) in [4.78, 5) is 25.0. The third kappa shape index (κ3) is 3.47. The third-order valence-corrected chi connectivity index (χ3v) is 3.98. The molecule has 1 aromatic carbocycles. The second kappa shape index (κ2) is 6.57. The molecule has 0 radical (unpaired) electrons. The van der Waals surface area contributed by atoms with Crippen molar-refractivity contribution in [2.75, 3.05) is 38.2 Å². The number of benzene rings is 1. The molecule has 2 amide bonds. The van der Waals surface area contributed by atoms with Crippen LogP contribution >= 0.6 is 11.6 Å². The molecule has 1 saturated heterocycles. The van der Waals surface area contributed by atoms with Gasteiger partial charge in [0, 0.05) is 10.4 Å². The predicted octanol–water partition coefficient (Wildman–Crippen LogP) is 0.0387. The number of amides is 2. The number of halogens is 1. The number of furan rings is 1. The van der Waals surface area contributed by atoms with Crippen LogP contribution in [0.25, 0.3) is 11.0 Å². The number of anilines is 1. The van der Waals surface area contributed by atoms with E-state index in [-0.39, 0.29) is 23.9 Å². The minimum Gasteiger partial charge on any atom is -0.449 e. The molecule has 7 nitrogen and oxygen atoms in total. The van der Waals surface area contributed by atoms with E-state index < -0.39 is 5.91 Å². The zero-order valence-corrected chi connectivity index (χ0v) is 13.1. The highest BCUT2D eigenvalue weighted by Gasteiger charge is 2.23. The molecule has 1 aliphatic rings. The summed E-state index contributed by atoms with van der Waals surface area (Å²) >= 11 is 5.98. The van der Waals surface area contributed by atoms with Crippen LogP contribution in [0.1, 0.15) is 10.6 Å². The Morgan fingerprint density at radius 3 is 2.74 bits per heavy atom. The van der Waals surface area contributed by atoms with Crippen LogP contribution in [0, 0.1) is 0 Å². The van der Waals surface area contributed by atoms with Gasteiger partial charge >= 0.3 is 0 Å². The lowest BCUT2D eigenvalue weighted by Gasteiger charge is -2.23. The summed E-state index contributed by atoms with van der Waals surface area (Å²) in [5.74, 6) is -1.04. The molecule has 2 aromatic rings. The largest absolute Gasteiger partial charge is 0.449 e. The fraction of sp³-hybridized carbons (Fsp3) is 0.333. The number of rotatable bonds is 4. The highest BCUT2D eigenvalue weighted by molar-refractivity contribution is 6.31. The lowest BCUT2D eigenvalue weighted by molar-refractivity contribution is -0.899. The number of hydrogen-bond donors (Lipinski definition) is 3. The molecule has 0 spiro atoms. The number of morpholine rings is 1. The van der Waals surface area contributed by atoms with Crippen LogP contribution in [-0.4, -0.2) is 44.7 Å². The molecule has 23 heavy (non-hydrogen) atoms. The molecular formula is C15H17ClN3O4+. The summed E-state index contributed by atoms with van der Waals surface area (Å²) in [6, 6.07) is 4.90. The van der Waals surface area contributed by atoms with Crippen molar-refractivity contribution in [3.63, 3.8) is 0 Å². The Morgan fingerprint density at radius 1 is 1.30 bits per heavy atom. The zero-order chi connectivity index (χ0) is 16.4. The second-order valence-electron chi connectivity index (χ2n) is 5.40. The van der Waals surface area contributed by atoms with Crippen molar-refractivity contribution in [1.29, 1.82) is 0 Å². The molecule has 0 saturated carbocycles. The molecule has 122 valence electrons.